The molecule has 1 radical (unpaired) electrons. The summed E-state index contributed by atoms with van der Waals surface area (Å²) in [5.74, 6) is 0.387. The molecule has 0 atom stereocenters. The van der Waals surface area contributed by atoms with Crippen LogP contribution in [-0.4, -0.2) is 20.1 Å². The van der Waals surface area contributed by atoms with Crippen LogP contribution < -0.4 is 0 Å². The number of nitrogens with zero attached hydrogens (tertiary/aromatic N) is 2. The van der Waals surface area contributed by atoms with Gasteiger partial charge in [0.25, 0.3) is 0 Å². The first-order valence-electron chi connectivity index (χ1n) is 3.01. The molecule has 0 amide bonds. The number of hydrogen-bond acceptors (Lipinski definition) is 3. The Morgan fingerprint density at radius 3 is 2.27 bits per heavy atom. The van der Waals surface area contributed by atoms with Crippen LogP contribution in [0.5, 0.6) is 0 Å². The zero-order valence-electron chi connectivity index (χ0n) is 6.24. The summed E-state index contributed by atoms with van der Waals surface area (Å²) in [7, 11) is -3.22. The Morgan fingerprint density at radius 1 is 1.55 bits per heavy atom. The second-order valence-electron chi connectivity index (χ2n) is 2.47. The molecule has 0 aromatic heterocycles. The Kier molecular flexibility index (Phi) is 3.64. The molecule has 1 aliphatic rings. The smallest absolute Gasteiger partial charge is 0.454 e. The normalized spacial score (nSPS) is 20.5. The molecule has 0 unspecified atom stereocenters. The summed E-state index contributed by atoms with van der Waals surface area (Å²) in [6.07, 6.45) is 0. The van der Waals surface area contributed by atoms with Gasteiger partial charge in [-0.2, -0.15) is 0 Å². The fourth-order valence-corrected chi connectivity index (χ4v) is 1.54. The maximum Gasteiger partial charge on any atom is 2.00 e. The van der Waals surface area contributed by atoms with Gasteiger partial charge in [-0.25, -0.2) is 8.42 Å². The van der Waals surface area contributed by atoms with Crippen LogP contribution in [0.3, 0.4) is 0 Å². The van der Waals surface area contributed by atoms with E-state index < -0.39 is 10.0 Å². The molecule has 0 aromatic rings. The standard InChI is InChI=1S/C5H9N2O2S.Rh/c1-4(2)5-6-3-10(8,9)7-5;/h4H,3H2,1-2H3;/q-1;+2. The topological polar surface area (TPSA) is 60.6 Å². The maximum absolute atomic E-state index is 10.7. The molecule has 0 spiro atoms. The van der Waals surface area contributed by atoms with E-state index in [0.717, 1.165) is 0 Å². The number of sulfonamides is 1. The van der Waals surface area contributed by atoms with E-state index >= 15 is 0 Å². The molecule has 4 nitrogen and oxygen atoms in total. The van der Waals surface area contributed by atoms with E-state index in [2.05, 4.69) is 9.71 Å². The molecule has 0 aromatic carbocycles. The molecular weight excluding hydrogens is 255 g/mol. The molecule has 0 N–H and O–H groups in total. The molecule has 65 valence electrons. The van der Waals surface area contributed by atoms with Crippen LogP contribution in [0.4, 0.5) is 0 Å². The molecule has 1 aliphatic heterocycles. The molecular formula is C5H9N2O2RhS+. The first-order chi connectivity index (χ1) is 4.51. The van der Waals surface area contributed by atoms with E-state index in [-0.39, 0.29) is 31.3 Å². The Morgan fingerprint density at radius 2 is 2.09 bits per heavy atom. The minimum atomic E-state index is -3.22. The van der Waals surface area contributed by atoms with Crippen molar-refractivity contribution >= 4 is 15.9 Å². The van der Waals surface area contributed by atoms with E-state index in [1.165, 1.54) is 0 Å². The fourth-order valence-electron chi connectivity index (χ4n) is 0.636. The average Bonchev–Trinajstić information content (AvgIpc) is 2.10. The SMILES string of the molecule is CC(C)C1=NCS(=O)(=O)[N-]1.[Rh+2]. The first kappa shape index (κ1) is 11.0. The Balaban J connectivity index is 0.000001000. The molecule has 1 rings (SSSR count). The van der Waals surface area contributed by atoms with Crippen molar-refractivity contribution in [3.63, 3.8) is 0 Å². The third-order valence-corrected chi connectivity index (χ3v) is 2.06. The predicted octanol–water partition coefficient (Wildman–Crippen LogP) is 0.713. The first-order valence-corrected chi connectivity index (χ1v) is 4.62. The summed E-state index contributed by atoms with van der Waals surface area (Å²) in [5.41, 5.74) is 0. The van der Waals surface area contributed by atoms with E-state index in [9.17, 15) is 8.42 Å². The second kappa shape index (κ2) is 3.63. The average molecular weight is 264 g/mol. The van der Waals surface area contributed by atoms with Gasteiger partial charge in [-0.05, 0) is 5.92 Å². The van der Waals surface area contributed by atoms with Crippen LogP contribution in [0.1, 0.15) is 13.8 Å². The van der Waals surface area contributed by atoms with Crippen molar-refractivity contribution in [2.45, 2.75) is 13.8 Å². The van der Waals surface area contributed by atoms with Crippen molar-refractivity contribution < 1.29 is 27.9 Å². The van der Waals surface area contributed by atoms with Crippen molar-refractivity contribution in [2.24, 2.45) is 10.9 Å². The van der Waals surface area contributed by atoms with Gasteiger partial charge in [0.15, 0.2) is 10.0 Å². The molecule has 6 heteroatoms. The van der Waals surface area contributed by atoms with Crippen molar-refractivity contribution in [2.75, 3.05) is 5.88 Å². The maximum atomic E-state index is 10.7. The minimum Gasteiger partial charge on any atom is -0.454 e. The summed E-state index contributed by atoms with van der Waals surface area (Å²) in [6, 6.07) is 0. The molecule has 0 saturated heterocycles. The molecule has 0 fully saturated rings. The van der Waals surface area contributed by atoms with E-state index in [1.54, 1.807) is 0 Å². The van der Waals surface area contributed by atoms with Crippen LogP contribution in [0.2, 0.25) is 0 Å². The Hall–Kier alpha value is 0.0434. The van der Waals surface area contributed by atoms with E-state index in [4.69, 9.17) is 0 Å². The van der Waals surface area contributed by atoms with Crippen LogP contribution in [0.25, 0.3) is 4.72 Å². The number of aliphatic imine (C=N–C) groups is 1. The summed E-state index contributed by atoms with van der Waals surface area (Å²) in [5, 5.41) is 0. The van der Waals surface area contributed by atoms with E-state index in [0.29, 0.717) is 5.84 Å². The molecule has 1 heterocycles. The summed E-state index contributed by atoms with van der Waals surface area (Å²) in [4.78, 5) is 3.75. The van der Waals surface area contributed by atoms with Gasteiger partial charge >= 0.3 is 19.5 Å². The molecule has 11 heavy (non-hydrogen) atoms. The third kappa shape index (κ3) is 2.87. The number of hydrogen-bond donors (Lipinski definition) is 0. The van der Waals surface area contributed by atoms with Crippen LogP contribution >= 0.6 is 0 Å². The minimum absolute atomic E-state index is 0. The van der Waals surface area contributed by atoms with Crippen LogP contribution in [0, 0.1) is 5.92 Å². The van der Waals surface area contributed by atoms with Crippen molar-refractivity contribution in [3.05, 3.63) is 4.72 Å². The Labute approximate surface area is 79.3 Å². The third-order valence-electron chi connectivity index (χ3n) is 1.14. The Bertz CT molecular complexity index is 258. The van der Waals surface area contributed by atoms with Gasteiger partial charge in [0, 0.05) is 0 Å². The predicted molar refractivity (Wildman–Crippen MR) is 39.4 cm³/mol. The zero-order chi connectivity index (χ0) is 7.78. The largest absolute Gasteiger partial charge is 2.00 e. The summed E-state index contributed by atoms with van der Waals surface area (Å²) >= 11 is 0. The van der Waals surface area contributed by atoms with Gasteiger partial charge in [0.1, 0.15) is 0 Å². The van der Waals surface area contributed by atoms with Crippen molar-refractivity contribution in [1.82, 2.24) is 0 Å². The van der Waals surface area contributed by atoms with Gasteiger partial charge in [0.2, 0.25) is 0 Å². The van der Waals surface area contributed by atoms with Gasteiger partial charge in [-0.3, -0.25) is 0 Å². The van der Waals surface area contributed by atoms with Crippen LogP contribution in [-0.2, 0) is 29.5 Å². The monoisotopic (exact) mass is 264 g/mol. The van der Waals surface area contributed by atoms with Gasteiger partial charge in [-0.1, -0.05) is 19.7 Å². The van der Waals surface area contributed by atoms with Crippen LogP contribution in [0.15, 0.2) is 4.99 Å². The number of rotatable bonds is 1. The molecule has 0 saturated carbocycles. The zero-order valence-corrected chi connectivity index (χ0v) is 8.69. The quantitative estimate of drug-likeness (QED) is 0.655. The summed E-state index contributed by atoms with van der Waals surface area (Å²) in [6.45, 7) is 3.73. The second-order valence-corrected chi connectivity index (χ2v) is 4.08. The fraction of sp³-hybridized carbons (Fsp3) is 0.800. The number of amidine groups is 1. The van der Waals surface area contributed by atoms with Gasteiger partial charge in [0.05, 0.1) is 5.88 Å². The molecule has 0 bridgehead atoms. The van der Waals surface area contributed by atoms with Gasteiger partial charge in [-0.15, -0.1) is 0 Å². The van der Waals surface area contributed by atoms with E-state index in [1.807, 2.05) is 13.8 Å². The van der Waals surface area contributed by atoms with Gasteiger partial charge < -0.3 is 9.71 Å². The molecule has 0 aliphatic carbocycles. The van der Waals surface area contributed by atoms with Crippen molar-refractivity contribution in [3.8, 4) is 0 Å². The summed E-state index contributed by atoms with van der Waals surface area (Å²) < 4.78 is 24.8. The van der Waals surface area contributed by atoms with Crippen molar-refractivity contribution in [1.29, 1.82) is 0 Å².